The van der Waals surface area contributed by atoms with Crippen LogP contribution in [-0.4, -0.2) is 25.5 Å². The molecule has 0 bridgehead atoms. The molecular weight excluding hydrogens is 277 g/mol. The van der Waals surface area contributed by atoms with Crippen molar-refractivity contribution < 1.29 is 32.2 Å². The number of carbonyl (C=O) groups excluding carboxylic acids is 1. The SMILES string of the molecule is CCCCOC(=O)COc1ccccc1OC(F)(F)F. The molecule has 0 saturated heterocycles. The van der Waals surface area contributed by atoms with E-state index in [1.54, 1.807) is 0 Å². The smallest absolute Gasteiger partial charge is 0.478 e. The number of unbranched alkanes of at least 4 members (excludes halogenated alkanes) is 1. The quantitative estimate of drug-likeness (QED) is 0.571. The molecule has 0 radical (unpaired) electrons. The molecule has 0 atom stereocenters. The van der Waals surface area contributed by atoms with Gasteiger partial charge in [0.25, 0.3) is 0 Å². The van der Waals surface area contributed by atoms with Gasteiger partial charge in [-0.15, -0.1) is 13.2 Å². The van der Waals surface area contributed by atoms with E-state index < -0.39 is 24.7 Å². The zero-order chi connectivity index (χ0) is 15.0. The van der Waals surface area contributed by atoms with Crippen molar-refractivity contribution in [1.82, 2.24) is 0 Å². The molecule has 20 heavy (non-hydrogen) atoms. The van der Waals surface area contributed by atoms with Crippen LogP contribution in [0.1, 0.15) is 19.8 Å². The maximum atomic E-state index is 12.2. The molecular formula is C13H15F3O4. The molecule has 7 heteroatoms. The number of benzene rings is 1. The van der Waals surface area contributed by atoms with Crippen LogP contribution in [0.25, 0.3) is 0 Å². The Morgan fingerprint density at radius 1 is 1.20 bits per heavy atom. The summed E-state index contributed by atoms with van der Waals surface area (Å²) in [6.07, 6.45) is -3.23. The van der Waals surface area contributed by atoms with E-state index in [9.17, 15) is 18.0 Å². The number of rotatable bonds is 7. The first kappa shape index (κ1) is 16.1. The second kappa shape index (κ2) is 7.62. The lowest BCUT2D eigenvalue weighted by Crippen LogP contribution is -2.19. The highest BCUT2D eigenvalue weighted by molar-refractivity contribution is 5.71. The lowest BCUT2D eigenvalue weighted by atomic mass is 10.3. The summed E-state index contributed by atoms with van der Waals surface area (Å²) in [5.41, 5.74) is 0. The highest BCUT2D eigenvalue weighted by Crippen LogP contribution is 2.31. The monoisotopic (exact) mass is 292 g/mol. The summed E-state index contributed by atoms with van der Waals surface area (Å²) in [4.78, 5) is 11.3. The largest absolute Gasteiger partial charge is 0.573 e. The molecule has 0 saturated carbocycles. The van der Waals surface area contributed by atoms with Gasteiger partial charge in [0.15, 0.2) is 18.1 Å². The summed E-state index contributed by atoms with van der Waals surface area (Å²) in [5, 5.41) is 0. The Morgan fingerprint density at radius 2 is 1.85 bits per heavy atom. The Bertz CT molecular complexity index is 432. The van der Waals surface area contributed by atoms with Crippen LogP contribution in [0.5, 0.6) is 11.5 Å². The van der Waals surface area contributed by atoms with Crippen molar-refractivity contribution in [2.45, 2.75) is 26.1 Å². The molecule has 0 aromatic heterocycles. The second-order valence-electron chi connectivity index (χ2n) is 3.86. The van der Waals surface area contributed by atoms with Crippen LogP contribution in [0.15, 0.2) is 24.3 Å². The Balaban J connectivity index is 2.53. The summed E-state index contributed by atoms with van der Waals surface area (Å²) in [5.74, 6) is -1.31. The Labute approximate surface area is 114 Å². The van der Waals surface area contributed by atoms with Crippen LogP contribution in [0, 0.1) is 0 Å². The molecule has 0 unspecified atom stereocenters. The van der Waals surface area contributed by atoms with Gasteiger partial charge >= 0.3 is 12.3 Å². The van der Waals surface area contributed by atoms with Crippen LogP contribution in [0.3, 0.4) is 0 Å². The predicted molar refractivity (Wildman–Crippen MR) is 64.5 cm³/mol. The van der Waals surface area contributed by atoms with E-state index in [0.717, 1.165) is 18.9 Å². The number of ether oxygens (including phenoxy) is 3. The molecule has 0 aliphatic rings. The van der Waals surface area contributed by atoms with Crippen molar-refractivity contribution in [2.75, 3.05) is 13.2 Å². The van der Waals surface area contributed by atoms with Gasteiger partial charge in [-0.25, -0.2) is 4.79 Å². The zero-order valence-electron chi connectivity index (χ0n) is 10.9. The van der Waals surface area contributed by atoms with E-state index in [1.807, 2.05) is 6.92 Å². The molecule has 1 rings (SSSR count). The molecule has 0 fully saturated rings. The number of halogens is 3. The average molecular weight is 292 g/mol. The van der Waals surface area contributed by atoms with E-state index in [0.29, 0.717) is 0 Å². The van der Waals surface area contributed by atoms with Crippen molar-refractivity contribution in [1.29, 1.82) is 0 Å². The average Bonchev–Trinajstić information content (AvgIpc) is 2.36. The molecule has 0 spiro atoms. The Kier molecular flexibility index (Phi) is 6.14. The van der Waals surface area contributed by atoms with Crippen LogP contribution < -0.4 is 9.47 Å². The standard InChI is InChI=1S/C13H15F3O4/c1-2-3-8-18-12(17)9-19-10-6-4-5-7-11(10)20-13(14,15)16/h4-7H,2-3,8-9H2,1H3. The molecule has 4 nitrogen and oxygen atoms in total. The maximum absolute atomic E-state index is 12.2. The number of esters is 1. The summed E-state index contributed by atoms with van der Waals surface area (Å²) in [6.45, 7) is 1.73. The van der Waals surface area contributed by atoms with Crippen LogP contribution in [0.2, 0.25) is 0 Å². The van der Waals surface area contributed by atoms with E-state index in [4.69, 9.17) is 9.47 Å². The van der Waals surface area contributed by atoms with Crippen LogP contribution in [0.4, 0.5) is 13.2 Å². The van der Waals surface area contributed by atoms with Crippen molar-refractivity contribution in [2.24, 2.45) is 0 Å². The molecule has 0 amide bonds. The first-order valence-corrected chi connectivity index (χ1v) is 6.05. The third kappa shape index (κ3) is 6.31. The van der Waals surface area contributed by atoms with Crippen LogP contribution in [-0.2, 0) is 9.53 Å². The van der Waals surface area contributed by atoms with Crippen molar-refractivity contribution >= 4 is 5.97 Å². The normalized spacial score (nSPS) is 11.0. The number of para-hydroxylation sites is 2. The van der Waals surface area contributed by atoms with E-state index >= 15 is 0 Å². The maximum Gasteiger partial charge on any atom is 0.573 e. The first-order chi connectivity index (χ1) is 9.42. The van der Waals surface area contributed by atoms with Crippen molar-refractivity contribution in [3.05, 3.63) is 24.3 Å². The van der Waals surface area contributed by atoms with Gasteiger partial charge < -0.3 is 14.2 Å². The van der Waals surface area contributed by atoms with Gasteiger partial charge in [-0.05, 0) is 18.6 Å². The minimum atomic E-state index is -4.82. The Hall–Kier alpha value is -1.92. The van der Waals surface area contributed by atoms with Gasteiger partial charge in [-0.1, -0.05) is 25.5 Å². The lowest BCUT2D eigenvalue weighted by Gasteiger charge is -2.13. The fourth-order valence-corrected chi connectivity index (χ4v) is 1.29. The summed E-state index contributed by atoms with van der Waals surface area (Å²) in [7, 11) is 0. The molecule has 1 aromatic carbocycles. The fraction of sp³-hybridized carbons (Fsp3) is 0.462. The van der Waals surface area contributed by atoms with E-state index in [2.05, 4.69) is 4.74 Å². The summed E-state index contributed by atoms with van der Waals surface area (Å²) < 4.78 is 50.0. The third-order valence-electron chi connectivity index (χ3n) is 2.18. The zero-order valence-corrected chi connectivity index (χ0v) is 10.9. The first-order valence-electron chi connectivity index (χ1n) is 6.05. The van der Waals surface area contributed by atoms with Gasteiger partial charge in [0.05, 0.1) is 6.61 Å². The number of carbonyl (C=O) groups is 1. The highest BCUT2D eigenvalue weighted by atomic mass is 19.4. The summed E-state index contributed by atoms with van der Waals surface area (Å²) in [6, 6.07) is 5.22. The topological polar surface area (TPSA) is 44.8 Å². The molecule has 0 aliphatic heterocycles. The minimum absolute atomic E-state index is 0.169. The number of alkyl halides is 3. The van der Waals surface area contributed by atoms with Crippen LogP contribution >= 0.6 is 0 Å². The van der Waals surface area contributed by atoms with E-state index in [1.165, 1.54) is 18.2 Å². The predicted octanol–water partition coefficient (Wildman–Crippen LogP) is 3.31. The fourth-order valence-electron chi connectivity index (χ4n) is 1.29. The number of hydrogen-bond donors (Lipinski definition) is 0. The van der Waals surface area contributed by atoms with Crippen molar-refractivity contribution in [3.63, 3.8) is 0 Å². The van der Waals surface area contributed by atoms with Gasteiger partial charge in [0.1, 0.15) is 0 Å². The lowest BCUT2D eigenvalue weighted by molar-refractivity contribution is -0.275. The molecule has 112 valence electrons. The van der Waals surface area contributed by atoms with Gasteiger partial charge in [-0.3, -0.25) is 0 Å². The molecule has 0 heterocycles. The molecule has 0 aliphatic carbocycles. The van der Waals surface area contributed by atoms with Gasteiger partial charge in [0.2, 0.25) is 0 Å². The highest BCUT2D eigenvalue weighted by Gasteiger charge is 2.32. The third-order valence-corrected chi connectivity index (χ3v) is 2.18. The minimum Gasteiger partial charge on any atom is -0.478 e. The summed E-state index contributed by atoms with van der Waals surface area (Å²) >= 11 is 0. The molecule has 0 N–H and O–H groups in total. The molecule has 1 aromatic rings. The Morgan fingerprint density at radius 3 is 2.45 bits per heavy atom. The van der Waals surface area contributed by atoms with Gasteiger partial charge in [0, 0.05) is 0 Å². The van der Waals surface area contributed by atoms with E-state index in [-0.39, 0.29) is 12.4 Å². The number of hydrogen-bond acceptors (Lipinski definition) is 4. The van der Waals surface area contributed by atoms with Crippen molar-refractivity contribution in [3.8, 4) is 11.5 Å². The van der Waals surface area contributed by atoms with Gasteiger partial charge in [-0.2, -0.15) is 0 Å². The second-order valence-corrected chi connectivity index (χ2v) is 3.86.